The summed E-state index contributed by atoms with van der Waals surface area (Å²) < 4.78 is 0. The van der Waals surface area contributed by atoms with Crippen molar-refractivity contribution in [3.8, 4) is 0 Å². The molecule has 0 spiro atoms. The minimum atomic E-state index is 0.189. The number of anilines is 2. The molecule has 1 aromatic rings. The number of hydrogen-bond donors (Lipinski definition) is 2. The van der Waals surface area contributed by atoms with Crippen LogP contribution in [0.3, 0.4) is 0 Å². The summed E-state index contributed by atoms with van der Waals surface area (Å²) in [4.78, 5) is 2.18. The zero-order valence-electron chi connectivity index (χ0n) is 9.32. The van der Waals surface area contributed by atoms with Gasteiger partial charge in [-0.3, -0.25) is 0 Å². The zero-order valence-corrected chi connectivity index (χ0v) is 9.32. The average Bonchev–Trinajstić information content (AvgIpc) is 2.25. The normalized spacial score (nSPS) is 10.3. The van der Waals surface area contributed by atoms with Gasteiger partial charge in [-0.05, 0) is 30.7 Å². The zero-order chi connectivity index (χ0) is 11.1. The van der Waals surface area contributed by atoms with E-state index in [-0.39, 0.29) is 6.61 Å². The molecule has 0 aliphatic heterocycles. The number of hydrogen-bond acceptors (Lipinski definition) is 3. The fraction of sp³-hybridized carbons (Fsp3) is 0.500. The van der Waals surface area contributed by atoms with E-state index in [1.807, 2.05) is 24.3 Å². The Balaban J connectivity index is 2.65. The van der Waals surface area contributed by atoms with Gasteiger partial charge in [0.05, 0.1) is 6.61 Å². The first-order valence-electron chi connectivity index (χ1n) is 5.49. The van der Waals surface area contributed by atoms with Crippen LogP contribution in [0.1, 0.15) is 19.8 Å². The lowest BCUT2D eigenvalue weighted by Gasteiger charge is -2.23. The highest BCUT2D eigenvalue weighted by molar-refractivity contribution is 5.53. The average molecular weight is 208 g/mol. The number of aliphatic hydroxyl groups is 1. The molecule has 3 heteroatoms. The second kappa shape index (κ2) is 6.30. The summed E-state index contributed by atoms with van der Waals surface area (Å²) in [7, 11) is 0. The number of nitrogens with zero attached hydrogens (tertiary/aromatic N) is 1. The first kappa shape index (κ1) is 11.9. The van der Waals surface area contributed by atoms with Crippen molar-refractivity contribution in [2.45, 2.75) is 19.8 Å². The van der Waals surface area contributed by atoms with E-state index < -0.39 is 0 Å². The van der Waals surface area contributed by atoms with Crippen LogP contribution in [0.4, 0.5) is 11.4 Å². The van der Waals surface area contributed by atoms with E-state index in [9.17, 15) is 0 Å². The predicted molar refractivity (Wildman–Crippen MR) is 65.1 cm³/mol. The number of nitrogens with two attached hydrogens (primary N) is 1. The van der Waals surface area contributed by atoms with Gasteiger partial charge in [-0.25, -0.2) is 0 Å². The van der Waals surface area contributed by atoms with E-state index >= 15 is 0 Å². The van der Waals surface area contributed by atoms with E-state index in [0.29, 0.717) is 6.54 Å². The molecule has 0 unspecified atom stereocenters. The van der Waals surface area contributed by atoms with Gasteiger partial charge in [-0.15, -0.1) is 0 Å². The van der Waals surface area contributed by atoms with Crippen molar-refractivity contribution in [3.05, 3.63) is 24.3 Å². The van der Waals surface area contributed by atoms with Gasteiger partial charge in [0.25, 0.3) is 0 Å². The van der Waals surface area contributed by atoms with Crippen LogP contribution >= 0.6 is 0 Å². The van der Waals surface area contributed by atoms with E-state index in [4.69, 9.17) is 10.8 Å². The molecular weight excluding hydrogens is 188 g/mol. The monoisotopic (exact) mass is 208 g/mol. The maximum absolute atomic E-state index is 8.99. The van der Waals surface area contributed by atoms with Crippen molar-refractivity contribution in [2.75, 3.05) is 30.3 Å². The molecule has 0 saturated carbocycles. The fourth-order valence-electron chi connectivity index (χ4n) is 1.52. The highest BCUT2D eigenvalue weighted by atomic mass is 16.3. The lowest BCUT2D eigenvalue weighted by atomic mass is 10.2. The Bertz CT molecular complexity index is 271. The second-order valence-electron chi connectivity index (χ2n) is 3.66. The van der Waals surface area contributed by atoms with Crippen molar-refractivity contribution in [2.24, 2.45) is 0 Å². The van der Waals surface area contributed by atoms with Crippen molar-refractivity contribution in [3.63, 3.8) is 0 Å². The summed E-state index contributed by atoms with van der Waals surface area (Å²) in [6, 6.07) is 7.79. The molecule has 0 aliphatic carbocycles. The summed E-state index contributed by atoms with van der Waals surface area (Å²) in [6.07, 6.45) is 2.31. The van der Waals surface area contributed by atoms with Crippen LogP contribution in [0.15, 0.2) is 24.3 Å². The molecular formula is C12H20N2O. The third-order valence-corrected chi connectivity index (χ3v) is 2.41. The summed E-state index contributed by atoms with van der Waals surface area (Å²) in [5.74, 6) is 0. The molecule has 0 bridgehead atoms. The Labute approximate surface area is 91.5 Å². The largest absolute Gasteiger partial charge is 0.399 e. The summed E-state index contributed by atoms with van der Waals surface area (Å²) >= 11 is 0. The highest BCUT2D eigenvalue weighted by Gasteiger charge is 2.04. The molecule has 0 atom stereocenters. The molecule has 3 nitrogen and oxygen atoms in total. The number of nitrogen functional groups attached to an aromatic ring is 1. The molecule has 0 aromatic heterocycles. The van der Waals surface area contributed by atoms with E-state index in [0.717, 1.165) is 30.8 Å². The molecule has 0 heterocycles. The topological polar surface area (TPSA) is 49.5 Å². The minimum absolute atomic E-state index is 0.189. The van der Waals surface area contributed by atoms with Crippen LogP contribution in [-0.4, -0.2) is 24.8 Å². The van der Waals surface area contributed by atoms with Gasteiger partial charge in [-0.2, -0.15) is 0 Å². The van der Waals surface area contributed by atoms with Crippen LogP contribution in [-0.2, 0) is 0 Å². The second-order valence-corrected chi connectivity index (χ2v) is 3.66. The smallest absolute Gasteiger partial charge is 0.0606 e. The van der Waals surface area contributed by atoms with Crippen molar-refractivity contribution < 1.29 is 5.11 Å². The Morgan fingerprint density at radius 3 is 2.40 bits per heavy atom. The van der Waals surface area contributed by atoms with Crippen LogP contribution in [0.25, 0.3) is 0 Å². The Morgan fingerprint density at radius 1 is 1.20 bits per heavy atom. The maximum atomic E-state index is 8.99. The Hall–Kier alpha value is -1.22. The lowest BCUT2D eigenvalue weighted by molar-refractivity contribution is 0.301. The van der Waals surface area contributed by atoms with Gasteiger partial charge < -0.3 is 15.7 Å². The van der Waals surface area contributed by atoms with Crippen LogP contribution in [0, 0.1) is 0 Å². The van der Waals surface area contributed by atoms with Crippen LogP contribution in [0.2, 0.25) is 0 Å². The van der Waals surface area contributed by atoms with Crippen LogP contribution in [0.5, 0.6) is 0 Å². The molecule has 15 heavy (non-hydrogen) atoms. The van der Waals surface area contributed by atoms with E-state index in [1.54, 1.807) is 0 Å². The number of rotatable bonds is 6. The Kier molecular flexibility index (Phi) is 4.98. The lowest BCUT2D eigenvalue weighted by Crippen LogP contribution is -2.27. The van der Waals surface area contributed by atoms with Crippen molar-refractivity contribution in [1.82, 2.24) is 0 Å². The summed E-state index contributed by atoms with van der Waals surface area (Å²) in [5.41, 5.74) is 7.54. The number of benzene rings is 1. The summed E-state index contributed by atoms with van der Waals surface area (Å²) in [6.45, 7) is 4.03. The SMILES string of the molecule is CCCCN(CCO)c1ccc(N)cc1. The highest BCUT2D eigenvalue weighted by Crippen LogP contribution is 2.16. The molecule has 84 valence electrons. The van der Waals surface area contributed by atoms with Gasteiger partial charge >= 0.3 is 0 Å². The standard InChI is InChI=1S/C12H20N2O/c1-2-3-8-14(9-10-15)12-6-4-11(13)5-7-12/h4-7,15H,2-3,8-10,13H2,1H3. The molecule has 0 radical (unpaired) electrons. The molecule has 0 aliphatic rings. The third-order valence-electron chi connectivity index (χ3n) is 2.41. The third kappa shape index (κ3) is 3.80. The maximum Gasteiger partial charge on any atom is 0.0606 e. The fourth-order valence-corrected chi connectivity index (χ4v) is 1.52. The minimum Gasteiger partial charge on any atom is -0.399 e. The van der Waals surface area contributed by atoms with Gasteiger partial charge in [0.1, 0.15) is 0 Å². The van der Waals surface area contributed by atoms with Gasteiger partial charge in [0.15, 0.2) is 0 Å². The quantitative estimate of drug-likeness (QED) is 0.702. The van der Waals surface area contributed by atoms with Gasteiger partial charge in [0.2, 0.25) is 0 Å². The molecule has 1 rings (SSSR count). The van der Waals surface area contributed by atoms with Crippen molar-refractivity contribution >= 4 is 11.4 Å². The predicted octanol–water partition coefficient (Wildman–Crippen LogP) is 1.87. The first-order chi connectivity index (χ1) is 7.27. The summed E-state index contributed by atoms with van der Waals surface area (Å²) in [5, 5.41) is 8.99. The molecule has 3 N–H and O–H groups in total. The van der Waals surface area contributed by atoms with E-state index in [2.05, 4.69) is 11.8 Å². The van der Waals surface area contributed by atoms with Crippen LogP contribution < -0.4 is 10.6 Å². The van der Waals surface area contributed by atoms with Gasteiger partial charge in [-0.1, -0.05) is 13.3 Å². The Morgan fingerprint density at radius 2 is 1.87 bits per heavy atom. The molecule has 0 amide bonds. The number of unbranched alkanes of at least 4 members (excludes halogenated alkanes) is 1. The number of aliphatic hydroxyl groups excluding tert-OH is 1. The molecule has 0 saturated heterocycles. The van der Waals surface area contributed by atoms with Crippen molar-refractivity contribution in [1.29, 1.82) is 0 Å². The van der Waals surface area contributed by atoms with Gasteiger partial charge in [0, 0.05) is 24.5 Å². The van der Waals surface area contributed by atoms with E-state index in [1.165, 1.54) is 0 Å². The molecule has 0 fully saturated rings. The first-order valence-corrected chi connectivity index (χ1v) is 5.49. The molecule has 1 aromatic carbocycles.